The highest BCUT2D eigenvalue weighted by Crippen LogP contribution is 2.56. The number of aryl methyl sites for hydroxylation is 1. The van der Waals surface area contributed by atoms with E-state index < -0.39 is 0 Å². The van der Waals surface area contributed by atoms with Gasteiger partial charge in [0.2, 0.25) is 0 Å². The van der Waals surface area contributed by atoms with Crippen LogP contribution in [0.3, 0.4) is 0 Å². The SMILES string of the molecule is Cc1c2c(c(-c3ccccc3)c3ccccc13)-c1ccc(-c3ccc4cc(-c5ccc6ccccc6c5)ccc4c3)c3cccc-2c13. The molecule has 0 heterocycles. The molecule has 0 bridgehead atoms. The molecule has 0 atom stereocenters. The molecule has 0 fully saturated rings. The largest absolute Gasteiger partial charge is 0.0622 e. The molecule has 0 radical (unpaired) electrons. The third kappa shape index (κ3) is 3.89. The van der Waals surface area contributed by atoms with E-state index in [1.807, 2.05) is 0 Å². The maximum absolute atomic E-state index is 2.38. The highest BCUT2D eigenvalue weighted by Gasteiger charge is 2.29. The van der Waals surface area contributed by atoms with Gasteiger partial charge in [0.05, 0.1) is 0 Å². The van der Waals surface area contributed by atoms with Crippen molar-refractivity contribution >= 4 is 43.1 Å². The summed E-state index contributed by atoms with van der Waals surface area (Å²) >= 11 is 0. The zero-order valence-electron chi connectivity index (χ0n) is 26.1. The quantitative estimate of drug-likeness (QED) is 0.191. The first-order valence-electron chi connectivity index (χ1n) is 16.4. The van der Waals surface area contributed by atoms with Crippen molar-refractivity contribution < 1.29 is 0 Å². The molecule has 0 amide bonds. The first-order chi connectivity index (χ1) is 23.2. The van der Waals surface area contributed by atoms with E-state index >= 15 is 0 Å². The summed E-state index contributed by atoms with van der Waals surface area (Å²) in [7, 11) is 0. The highest BCUT2D eigenvalue weighted by atomic mass is 14.3. The van der Waals surface area contributed by atoms with Crippen LogP contribution in [-0.2, 0) is 0 Å². The first kappa shape index (κ1) is 26.3. The van der Waals surface area contributed by atoms with Gasteiger partial charge in [-0.1, -0.05) is 146 Å². The van der Waals surface area contributed by atoms with E-state index in [0.717, 1.165) is 0 Å². The van der Waals surface area contributed by atoms with Gasteiger partial charge in [0.15, 0.2) is 0 Å². The molecule has 0 nitrogen and oxygen atoms in total. The maximum Gasteiger partial charge on any atom is -0.00110 e. The van der Waals surface area contributed by atoms with Crippen molar-refractivity contribution in [3.8, 4) is 55.6 Å². The molecule has 0 N–H and O–H groups in total. The van der Waals surface area contributed by atoms with Crippen molar-refractivity contribution in [1.29, 1.82) is 0 Å². The van der Waals surface area contributed by atoms with E-state index in [-0.39, 0.29) is 0 Å². The smallest absolute Gasteiger partial charge is 0.00110 e. The van der Waals surface area contributed by atoms with E-state index in [2.05, 4.69) is 171 Å². The highest BCUT2D eigenvalue weighted by molar-refractivity contribution is 6.25. The second-order valence-electron chi connectivity index (χ2n) is 12.9. The molecule has 0 aliphatic heterocycles. The summed E-state index contributed by atoms with van der Waals surface area (Å²) in [5.74, 6) is 0. The molecule has 9 aromatic carbocycles. The fourth-order valence-electron chi connectivity index (χ4n) is 8.16. The van der Waals surface area contributed by atoms with Gasteiger partial charge in [0.25, 0.3) is 0 Å². The third-order valence-corrected chi connectivity index (χ3v) is 10.4. The maximum atomic E-state index is 2.38. The average molecular weight is 595 g/mol. The van der Waals surface area contributed by atoms with Crippen molar-refractivity contribution in [2.45, 2.75) is 6.92 Å². The Morgan fingerprint density at radius 3 is 1.64 bits per heavy atom. The summed E-state index contributed by atoms with van der Waals surface area (Å²) in [4.78, 5) is 0. The van der Waals surface area contributed by atoms with Crippen LogP contribution < -0.4 is 0 Å². The zero-order valence-corrected chi connectivity index (χ0v) is 26.1. The molecular formula is C47H30. The lowest BCUT2D eigenvalue weighted by atomic mass is 9.85. The van der Waals surface area contributed by atoms with Crippen molar-refractivity contribution in [3.63, 3.8) is 0 Å². The van der Waals surface area contributed by atoms with Crippen LogP contribution in [0.1, 0.15) is 5.56 Å². The predicted octanol–water partition coefficient (Wildman–Crippen LogP) is 13.3. The van der Waals surface area contributed by atoms with Gasteiger partial charge in [-0.2, -0.15) is 0 Å². The Kier molecular flexibility index (Phi) is 5.59. The van der Waals surface area contributed by atoms with Crippen molar-refractivity contribution in [3.05, 3.63) is 169 Å². The standard InChI is InChI=1S/C47H30/c1-29-38-14-7-8-15-40(38)45(31-11-3-2-4-12-31)47-43-25-24-39(41-16-9-17-42(44(29)47)46(41)43)37-23-22-35-27-34(20-21-36(35)28-37)33-19-18-30-10-5-6-13-32(30)26-33/h2-28H,1H3. The molecule has 0 unspecified atom stereocenters. The molecule has 0 saturated heterocycles. The normalized spacial score (nSPS) is 11.9. The Morgan fingerprint density at radius 2 is 0.851 bits per heavy atom. The van der Waals surface area contributed by atoms with E-state index in [9.17, 15) is 0 Å². The van der Waals surface area contributed by atoms with Crippen LogP contribution in [0.25, 0.3) is 98.7 Å². The molecule has 0 spiro atoms. The molecule has 9 aromatic rings. The lowest BCUT2D eigenvalue weighted by Crippen LogP contribution is -1.92. The van der Waals surface area contributed by atoms with Crippen molar-refractivity contribution in [1.82, 2.24) is 0 Å². The van der Waals surface area contributed by atoms with E-state index in [4.69, 9.17) is 0 Å². The molecular weight excluding hydrogens is 565 g/mol. The molecule has 1 aliphatic rings. The zero-order chi connectivity index (χ0) is 31.1. The van der Waals surface area contributed by atoms with Gasteiger partial charge in [0, 0.05) is 0 Å². The Hall–Kier alpha value is -5.98. The van der Waals surface area contributed by atoms with Gasteiger partial charge in [-0.15, -0.1) is 0 Å². The fourth-order valence-corrected chi connectivity index (χ4v) is 8.16. The molecule has 1 aliphatic carbocycles. The second-order valence-corrected chi connectivity index (χ2v) is 12.9. The van der Waals surface area contributed by atoms with Gasteiger partial charge in [-0.05, 0) is 129 Å². The molecule has 0 saturated carbocycles. The Morgan fingerprint density at radius 1 is 0.298 bits per heavy atom. The number of hydrogen-bond donors (Lipinski definition) is 0. The summed E-state index contributed by atoms with van der Waals surface area (Å²) in [6, 6.07) is 60.6. The van der Waals surface area contributed by atoms with Gasteiger partial charge in [-0.3, -0.25) is 0 Å². The molecule has 0 heteroatoms. The number of benzene rings is 9. The summed E-state index contributed by atoms with van der Waals surface area (Å²) < 4.78 is 0. The van der Waals surface area contributed by atoms with Crippen LogP contribution in [0, 0.1) is 6.92 Å². The summed E-state index contributed by atoms with van der Waals surface area (Å²) in [5, 5.41) is 10.4. The minimum atomic E-state index is 1.25. The summed E-state index contributed by atoms with van der Waals surface area (Å²) in [6.45, 7) is 2.30. The van der Waals surface area contributed by atoms with Crippen LogP contribution in [0.5, 0.6) is 0 Å². The van der Waals surface area contributed by atoms with Crippen LogP contribution >= 0.6 is 0 Å². The summed E-state index contributed by atoms with van der Waals surface area (Å²) in [6.07, 6.45) is 0. The first-order valence-corrected chi connectivity index (χ1v) is 16.4. The molecule has 47 heavy (non-hydrogen) atoms. The number of hydrogen-bond acceptors (Lipinski definition) is 0. The minimum Gasteiger partial charge on any atom is -0.0622 e. The summed E-state index contributed by atoms with van der Waals surface area (Å²) in [5.41, 5.74) is 14.4. The molecule has 0 aromatic heterocycles. The third-order valence-electron chi connectivity index (χ3n) is 10.4. The predicted molar refractivity (Wildman–Crippen MR) is 202 cm³/mol. The van der Waals surface area contributed by atoms with Gasteiger partial charge in [0.1, 0.15) is 0 Å². The van der Waals surface area contributed by atoms with E-state index in [1.54, 1.807) is 0 Å². The Labute approximate surface area is 274 Å². The van der Waals surface area contributed by atoms with E-state index in [1.165, 1.54) is 104 Å². The Balaban J connectivity index is 1.14. The van der Waals surface area contributed by atoms with Gasteiger partial charge in [-0.25, -0.2) is 0 Å². The average Bonchev–Trinajstić information content (AvgIpc) is 3.47. The number of fused-ring (bicyclic) bond motifs is 6. The van der Waals surface area contributed by atoms with Crippen LogP contribution in [0.4, 0.5) is 0 Å². The minimum absolute atomic E-state index is 1.25. The van der Waals surface area contributed by atoms with Gasteiger partial charge >= 0.3 is 0 Å². The van der Waals surface area contributed by atoms with Crippen LogP contribution in [-0.4, -0.2) is 0 Å². The number of rotatable bonds is 3. The molecule has 10 rings (SSSR count). The second kappa shape index (κ2) is 10.0. The Bertz CT molecular complexity index is 2730. The fraction of sp³-hybridized carbons (Fsp3) is 0.0213. The lowest BCUT2D eigenvalue weighted by molar-refractivity contribution is 1.53. The van der Waals surface area contributed by atoms with Crippen LogP contribution in [0.2, 0.25) is 0 Å². The molecule has 218 valence electrons. The van der Waals surface area contributed by atoms with Gasteiger partial charge < -0.3 is 0 Å². The monoisotopic (exact) mass is 594 g/mol. The topological polar surface area (TPSA) is 0 Å². The van der Waals surface area contributed by atoms with Crippen molar-refractivity contribution in [2.24, 2.45) is 0 Å². The lowest BCUT2D eigenvalue weighted by Gasteiger charge is -2.18. The van der Waals surface area contributed by atoms with Crippen LogP contribution in [0.15, 0.2) is 164 Å². The van der Waals surface area contributed by atoms with Crippen molar-refractivity contribution in [2.75, 3.05) is 0 Å². The van der Waals surface area contributed by atoms with E-state index in [0.29, 0.717) is 0 Å².